The molecule has 1 saturated heterocycles. The Morgan fingerprint density at radius 1 is 1.36 bits per heavy atom. The summed E-state index contributed by atoms with van der Waals surface area (Å²) in [6, 6.07) is 7.80. The summed E-state index contributed by atoms with van der Waals surface area (Å²) in [6.07, 6.45) is 3.70. The number of carbonyl (C=O) groups excluding carboxylic acids is 2. The van der Waals surface area contributed by atoms with Gasteiger partial charge in [-0.2, -0.15) is 0 Å². The van der Waals surface area contributed by atoms with Crippen LogP contribution in [0.4, 0.5) is 0 Å². The molecule has 6 atom stereocenters. The van der Waals surface area contributed by atoms with Gasteiger partial charge in [0.2, 0.25) is 0 Å². The Labute approximate surface area is 233 Å². The van der Waals surface area contributed by atoms with Crippen molar-refractivity contribution >= 4 is 30.3 Å². The maximum Gasteiger partial charge on any atom is 0.324 e. The number of aliphatic hydroxyl groups excluding tert-OH is 1. The Bertz CT molecular complexity index is 1190. The van der Waals surface area contributed by atoms with E-state index in [4.69, 9.17) is 36.8 Å². The molecular formula is C26H34N3O8PS. The minimum atomic E-state index is -3.49. The number of hydrogen-bond acceptors (Lipinski definition) is 10. The number of carbonyl (C=O) groups is 2. The van der Waals surface area contributed by atoms with Gasteiger partial charge in [0.15, 0.2) is 11.8 Å². The molecular weight excluding hydrogens is 545 g/mol. The number of nitrogens with zero attached hydrogens (tertiary/aromatic N) is 1. The first-order valence-electron chi connectivity index (χ1n) is 12.3. The van der Waals surface area contributed by atoms with Gasteiger partial charge in [0.1, 0.15) is 29.8 Å². The lowest BCUT2D eigenvalue weighted by molar-refractivity contribution is -0.150. The van der Waals surface area contributed by atoms with Gasteiger partial charge in [-0.15, -0.1) is 6.42 Å². The molecule has 0 bridgehead atoms. The second-order valence-electron chi connectivity index (χ2n) is 9.63. The van der Waals surface area contributed by atoms with Crippen molar-refractivity contribution in [3.63, 3.8) is 0 Å². The number of hydrogen-bond donors (Lipinski definition) is 4. The topological polar surface area (TPSA) is 139 Å². The fourth-order valence-corrected chi connectivity index (χ4v) is 6.32. The molecule has 212 valence electrons. The van der Waals surface area contributed by atoms with E-state index in [1.165, 1.54) is 17.2 Å². The summed E-state index contributed by atoms with van der Waals surface area (Å²) in [5.74, 6) is 1.50. The maximum atomic E-state index is 12.8. The highest BCUT2D eigenvalue weighted by Crippen LogP contribution is 2.47. The van der Waals surface area contributed by atoms with E-state index in [-0.39, 0.29) is 24.4 Å². The molecule has 11 nitrogen and oxygen atoms in total. The van der Waals surface area contributed by atoms with Crippen molar-refractivity contribution in [1.29, 1.82) is 0 Å². The van der Waals surface area contributed by atoms with Crippen LogP contribution in [-0.2, 0) is 35.4 Å². The fourth-order valence-electron chi connectivity index (χ4n) is 3.88. The minimum Gasteiger partial charge on any atom is -0.462 e. The first-order chi connectivity index (χ1) is 18.3. The van der Waals surface area contributed by atoms with Crippen LogP contribution in [0.2, 0.25) is 0 Å². The molecule has 2 aliphatic heterocycles. The quantitative estimate of drug-likeness (QED) is 0.173. The predicted molar refractivity (Wildman–Crippen MR) is 147 cm³/mol. The summed E-state index contributed by atoms with van der Waals surface area (Å²) in [4.78, 5) is 25.8. The summed E-state index contributed by atoms with van der Waals surface area (Å²) in [5.41, 5.74) is -2.19. The third-order valence-electron chi connectivity index (χ3n) is 5.88. The Balaban J connectivity index is 1.85. The molecule has 0 saturated carbocycles. The molecule has 1 amide bonds. The predicted octanol–water partition coefficient (Wildman–Crippen LogP) is 1.74. The van der Waals surface area contributed by atoms with Gasteiger partial charge in [0, 0.05) is 12.3 Å². The van der Waals surface area contributed by atoms with E-state index in [0.29, 0.717) is 5.75 Å². The van der Waals surface area contributed by atoms with Gasteiger partial charge in [-0.25, -0.2) is 5.09 Å². The van der Waals surface area contributed by atoms with Crippen LogP contribution in [0.15, 0.2) is 55.0 Å². The van der Waals surface area contributed by atoms with E-state index < -0.39 is 48.6 Å². The number of amides is 1. The molecule has 0 spiro atoms. The molecule has 1 aromatic carbocycles. The van der Waals surface area contributed by atoms with Gasteiger partial charge in [0.05, 0.1) is 12.7 Å². The van der Waals surface area contributed by atoms with Gasteiger partial charge >= 0.3 is 12.6 Å². The van der Waals surface area contributed by atoms with Crippen molar-refractivity contribution in [2.45, 2.75) is 63.9 Å². The van der Waals surface area contributed by atoms with Crippen molar-refractivity contribution in [1.82, 2.24) is 15.3 Å². The molecule has 2 heterocycles. The summed E-state index contributed by atoms with van der Waals surface area (Å²) in [6.45, 7) is 7.00. The number of ether oxygens (including phenoxy) is 2. The maximum absolute atomic E-state index is 12.8. The number of rotatable bonds is 11. The molecule has 3 rings (SSSR count). The number of benzene rings is 1. The highest BCUT2D eigenvalue weighted by Gasteiger charge is 2.57. The molecule has 1 fully saturated rings. The van der Waals surface area contributed by atoms with Crippen LogP contribution in [0, 0.1) is 18.3 Å². The van der Waals surface area contributed by atoms with E-state index in [2.05, 4.69) is 22.9 Å². The lowest BCUT2D eigenvalue weighted by Crippen LogP contribution is -2.54. The molecule has 0 radical (unpaired) electrons. The van der Waals surface area contributed by atoms with Crippen LogP contribution in [-0.4, -0.2) is 69.8 Å². The average molecular weight is 580 g/mol. The number of esters is 1. The lowest BCUT2D eigenvalue weighted by atomic mass is 9.94. The van der Waals surface area contributed by atoms with Crippen molar-refractivity contribution < 1.29 is 38.3 Å². The van der Waals surface area contributed by atoms with E-state index in [9.17, 15) is 19.8 Å². The second-order valence-corrected chi connectivity index (χ2v) is 12.8. The van der Waals surface area contributed by atoms with Gasteiger partial charge in [-0.05, 0) is 43.7 Å². The monoisotopic (exact) mass is 579 g/mol. The summed E-state index contributed by atoms with van der Waals surface area (Å²) < 4.78 is 23.4. The molecule has 39 heavy (non-hydrogen) atoms. The number of para-hydroxylation sites is 1. The number of aliphatic hydroxyl groups is 2. The Hall–Kier alpha value is -2.75. The highest BCUT2D eigenvalue weighted by atomic mass is 32.5. The van der Waals surface area contributed by atoms with Crippen LogP contribution in [0.25, 0.3) is 0 Å². The number of nitrogens with one attached hydrogen (secondary N) is 2. The van der Waals surface area contributed by atoms with Crippen LogP contribution in [0.1, 0.15) is 27.7 Å². The van der Waals surface area contributed by atoms with Crippen LogP contribution < -0.4 is 14.9 Å². The van der Waals surface area contributed by atoms with E-state index >= 15 is 0 Å². The fraction of sp³-hybridized carbons (Fsp3) is 0.462. The molecule has 1 aromatic rings. The molecule has 0 aromatic heterocycles. The van der Waals surface area contributed by atoms with Crippen LogP contribution >= 0.6 is 6.64 Å². The lowest BCUT2D eigenvalue weighted by Gasteiger charge is -2.36. The van der Waals surface area contributed by atoms with Crippen molar-refractivity contribution in [3.05, 3.63) is 55.0 Å². The minimum absolute atomic E-state index is 0.0950. The zero-order chi connectivity index (χ0) is 29.0. The first-order valence-corrected chi connectivity index (χ1v) is 14.9. The van der Waals surface area contributed by atoms with E-state index in [1.807, 2.05) is 13.8 Å². The van der Waals surface area contributed by atoms with Gasteiger partial charge in [0.25, 0.3) is 5.91 Å². The zero-order valence-electron chi connectivity index (χ0n) is 22.1. The largest absolute Gasteiger partial charge is 0.462 e. The van der Waals surface area contributed by atoms with Crippen molar-refractivity contribution in [3.8, 4) is 18.1 Å². The van der Waals surface area contributed by atoms with Gasteiger partial charge < -0.3 is 39.0 Å². The summed E-state index contributed by atoms with van der Waals surface area (Å²) >= 11 is 5.78. The normalized spacial score (nSPS) is 27.2. The molecule has 0 aliphatic carbocycles. The first kappa shape index (κ1) is 30.8. The molecule has 2 aliphatic rings. The Morgan fingerprint density at radius 2 is 2.03 bits per heavy atom. The SMILES string of the molecule is C#C[C@@]1(O)[C@H](O)[C@@H](COP(=S)(N[C@H](C(=O)OC(C)C)C(C)C)Oc2ccccc2)O[C@H]1N1C=CC(=O)NC1=C. The zero-order valence-corrected chi connectivity index (χ0v) is 23.9. The molecule has 1 unspecified atom stereocenters. The number of terminal acetylenes is 1. The second kappa shape index (κ2) is 12.6. The standard InChI is InChI=1S/C26H34N3O8PS/c1-7-26(33)23(31)20(36-25(26)29-14-13-21(30)27-18(29)6)15-34-38(39,37-19-11-9-8-10-12-19)28-22(16(2)3)24(32)35-17(4)5/h1,8-14,16-17,20,22-23,25,31,33H,6,15H2,2-5H3,(H,27,30)(H,28,39)/t20-,22+,23-,25-,26-,38?/m1/s1. The Morgan fingerprint density at radius 3 is 2.59 bits per heavy atom. The van der Waals surface area contributed by atoms with Crippen molar-refractivity contribution in [2.24, 2.45) is 5.92 Å². The third-order valence-corrected chi connectivity index (χ3v) is 8.27. The van der Waals surface area contributed by atoms with Gasteiger partial charge in [-0.1, -0.05) is 44.5 Å². The summed E-state index contributed by atoms with van der Waals surface area (Å²) in [7, 11) is 0. The van der Waals surface area contributed by atoms with Crippen molar-refractivity contribution in [2.75, 3.05) is 6.61 Å². The Kier molecular flexibility index (Phi) is 9.96. The third kappa shape index (κ3) is 7.26. The average Bonchev–Trinajstić information content (AvgIpc) is 3.12. The van der Waals surface area contributed by atoms with Crippen LogP contribution in [0.3, 0.4) is 0 Å². The highest BCUT2D eigenvalue weighted by molar-refractivity contribution is 8.09. The molecule has 4 N–H and O–H groups in total. The molecule has 13 heteroatoms. The van der Waals surface area contributed by atoms with E-state index in [1.54, 1.807) is 44.2 Å². The van der Waals surface area contributed by atoms with E-state index in [0.717, 1.165) is 0 Å². The summed E-state index contributed by atoms with van der Waals surface area (Å²) in [5, 5.41) is 27.6. The van der Waals surface area contributed by atoms with Gasteiger partial charge in [-0.3, -0.25) is 9.59 Å². The van der Waals surface area contributed by atoms with Crippen LogP contribution in [0.5, 0.6) is 5.75 Å². The smallest absolute Gasteiger partial charge is 0.324 e.